The molecule has 4 rings (SSSR count). The highest BCUT2D eigenvalue weighted by Gasteiger charge is 2.16. The molecule has 31 heavy (non-hydrogen) atoms. The van der Waals surface area contributed by atoms with Gasteiger partial charge in [0.05, 0.1) is 10.6 Å². The third kappa shape index (κ3) is 4.32. The van der Waals surface area contributed by atoms with Crippen LogP contribution < -0.4 is 5.32 Å². The predicted molar refractivity (Wildman–Crippen MR) is 125 cm³/mol. The van der Waals surface area contributed by atoms with E-state index in [1.54, 1.807) is 23.5 Å². The average molecular weight is 431 g/mol. The van der Waals surface area contributed by atoms with Crippen molar-refractivity contribution in [2.45, 2.75) is 26.7 Å². The van der Waals surface area contributed by atoms with E-state index in [-0.39, 0.29) is 5.56 Å². The SMILES string of the molecule is C=CCc1c(CC)nc(-c2csc(C)n2)nc1Nc1ccc2cc(C(=O)O)ccc2c1. The smallest absolute Gasteiger partial charge is 0.335 e. The highest BCUT2D eigenvalue weighted by atomic mass is 32.1. The molecule has 0 aliphatic rings. The maximum absolute atomic E-state index is 11.2. The minimum Gasteiger partial charge on any atom is -0.478 e. The van der Waals surface area contributed by atoms with Crippen LogP contribution in [-0.2, 0) is 12.8 Å². The first-order valence-electron chi connectivity index (χ1n) is 9.95. The number of aromatic carboxylic acids is 1. The van der Waals surface area contributed by atoms with Crippen LogP contribution in [-0.4, -0.2) is 26.0 Å². The molecule has 2 aromatic carbocycles. The van der Waals surface area contributed by atoms with Crippen LogP contribution in [0.1, 0.15) is 33.5 Å². The molecule has 0 radical (unpaired) electrons. The molecule has 0 aliphatic heterocycles. The number of anilines is 2. The summed E-state index contributed by atoms with van der Waals surface area (Å²) in [6.07, 6.45) is 3.27. The lowest BCUT2D eigenvalue weighted by Gasteiger charge is -2.15. The number of hydrogen-bond acceptors (Lipinski definition) is 6. The van der Waals surface area contributed by atoms with Crippen molar-refractivity contribution >= 4 is 39.6 Å². The van der Waals surface area contributed by atoms with Gasteiger partial charge in [-0.25, -0.2) is 19.7 Å². The lowest BCUT2D eigenvalue weighted by atomic mass is 10.1. The average Bonchev–Trinajstić information content (AvgIpc) is 3.20. The lowest BCUT2D eigenvalue weighted by Crippen LogP contribution is -2.07. The number of carboxylic acid groups (broad SMARTS) is 1. The molecule has 0 atom stereocenters. The molecule has 4 aromatic rings. The summed E-state index contributed by atoms with van der Waals surface area (Å²) < 4.78 is 0. The number of carboxylic acids is 1. The number of aryl methyl sites for hydroxylation is 2. The van der Waals surface area contributed by atoms with E-state index < -0.39 is 5.97 Å². The third-order valence-electron chi connectivity index (χ3n) is 4.97. The zero-order valence-electron chi connectivity index (χ0n) is 17.3. The van der Waals surface area contributed by atoms with Crippen molar-refractivity contribution in [3.05, 3.63) is 76.3 Å². The molecule has 2 aromatic heterocycles. The van der Waals surface area contributed by atoms with E-state index in [1.165, 1.54) is 0 Å². The number of hydrogen-bond donors (Lipinski definition) is 2. The van der Waals surface area contributed by atoms with Crippen molar-refractivity contribution in [1.29, 1.82) is 0 Å². The maximum Gasteiger partial charge on any atom is 0.335 e. The van der Waals surface area contributed by atoms with Crippen LogP contribution in [0.3, 0.4) is 0 Å². The summed E-state index contributed by atoms with van der Waals surface area (Å²) in [6, 6.07) is 10.9. The molecule has 0 fully saturated rings. The zero-order valence-corrected chi connectivity index (χ0v) is 18.2. The van der Waals surface area contributed by atoms with Gasteiger partial charge in [-0.3, -0.25) is 0 Å². The van der Waals surface area contributed by atoms with Gasteiger partial charge in [0, 0.05) is 22.3 Å². The molecule has 6 nitrogen and oxygen atoms in total. The van der Waals surface area contributed by atoms with Crippen molar-refractivity contribution in [3.63, 3.8) is 0 Å². The van der Waals surface area contributed by atoms with Crippen molar-refractivity contribution < 1.29 is 9.90 Å². The molecule has 0 aliphatic carbocycles. The van der Waals surface area contributed by atoms with Crippen molar-refractivity contribution in [3.8, 4) is 11.5 Å². The van der Waals surface area contributed by atoms with Gasteiger partial charge in [-0.2, -0.15) is 0 Å². The minimum absolute atomic E-state index is 0.271. The normalized spacial score (nSPS) is 10.9. The molecule has 0 amide bonds. The van der Waals surface area contributed by atoms with Gasteiger partial charge in [0.2, 0.25) is 0 Å². The quantitative estimate of drug-likeness (QED) is 0.361. The molecule has 7 heteroatoms. The van der Waals surface area contributed by atoms with Crippen LogP contribution in [0.15, 0.2) is 54.4 Å². The maximum atomic E-state index is 11.2. The van der Waals surface area contributed by atoms with Gasteiger partial charge in [-0.1, -0.05) is 25.1 Å². The summed E-state index contributed by atoms with van der Waals surface area (Å²) in [5.74, 6) is 0.397. The highest BCUT2D eigenvalue weighted by molar-refractivity contribution is 7.09. The Morgan fingerprint density at radius 3 is 2.61 bits per heavy atom. The number of nitrogens with zero attached hydrogens (tertiary/aromatic N) is 3. The first-order chi connectivity index (χ1) is 15.0. The van der Waals surface area contributed by atoms with Crippen LogP contribution in [0.2, 0.25) is 0 Å². The third-order valence-corrected chi connectivity index (χ3v) is 5.75. The fourth-order valence-electron chi connectivity index (χ4n) is 3.46. The van der Waals surface area contributed by atoms with Crippen LogP contribution in [0.4, 0.5) is 11.5 Å². The first-order valence-corrected chi connectivity index (χ1v) is 10.8. The predicted octanol–water partition coefficient (Wildman–Crippen LogP) is 5.79. The molecular formula is C24H22N4O2S. The number of carbonyl (C=O) groups is 1. The number of benzene rings is 2. The van der Waals surface area contributed by atoms with E-state index >= 15 is 0 Å². The topological polar surface area (TPSA) is 88.0 Å². The van der Waals surface area contributed by atoms with Gasteiger partial charge < -0.3 is 10.4 Å². The Morgan fingerprint density at radius 2 is 1.94 bits per heavy atom. The van der Waals surface area contributed by atoms with Gasteiger partial charge >= 0.3 is 5.97 Å². The number of fused-ring (bicyclic) bond motifs is 1. The van der Waals surface area contributed by atoms with E-state index in [2.05, 4.69) is 23.8 Å². The molecule has 0 saturated heterocycles. The lowest BCUT2D eigenvalue weighted by molar-refractivity contribution is 0.0697. The van der Waals surface area contributed by atoms with Gasteiger partial charge in [0.1, 0.15) is 11.5 Å². The van der Waals surface area contributed by atoms with E-state index in [4.69, 9.17) is 9.97 Å². The Labute approximate surface area is 184 Å². The summed E-state index contributed by atoms with van der Waals surface area (Å²) in [5, 5.41) is 17.4. The number of rotatable bonds is 7. The van der Waals surface area contributed by atoms with Crippen molar-refractivity contribution in [2.24, 2.45) is 0 Å². The number of aromatic nitrogens is 3. The van der Waals surface area contributed by atoms with Gasteiger partial charge in [0.15, 0.2) is 5.82 Å². The zero-order chi connectivity index (χ0) is 22.0. The Balaban J connectivity index is 1.77. The van der Waals surface area contributed by atoms with Crippen LogP contribution in [0.5, 0.6) is 0 Å². The number of nitrogens with one attached hydrogen (secondary N) is 1. The molecule has 0 saturated carbocycles. The van der Waals surface area contributed by atoms with Crippen LogP contribution in [0, 0.1) is 6.92 Å². The summed E-state index contributed by atoms with van der Waals surface area (Å²) in [4.78, 5) is 25.3. The Kier molecular flexibility index (Phi) is 5.77. The molecular weight excluding hydrogens is 408 g/mol. The van der Waals surface area contributed by atoms with Crippen molar-refractivity contribution in [1.82, 2.24) is 15.0 Å². The summed E-state index contributed by atoms with van der Waals surface area (Å²) in [6.45, 7) is 7.92. The van der Waals surface area contributed by atoms with E-state index in [1.807, 2.05) is 42.6 Å². The molecule has 0 bridgehead atoms. The van der Waals surface area contributed by atoms with E-state index in [0.717, 1.165) is 50.7 Å². The van der Waals surface area contributed by atoms with E-state index in [9.17, 15) is 9.90 Å². The van der Waals surface area contributed by atoms with Gasteiger partial charge in [-0.15, -0.1) is 17.9 Å². The molecule has 0 spiro atoms. The Bertz CT molecular complexity index is 1300. The number of allylic oxidation sites excluding steroid dienone is 1. The van der Waals surface area contributed by atoms with Crippen LogP contribution >= 0.6 is 11.3 Å². The van der Waals surface area contributed by atoms with Gasteiger partial charge in [0.25, 0.3) is 0 Å². The minimum atomic E-state index is -0.934. The van der Waals surface area contributed by atoms with Gasteiger partial charge in [-0.05, 0) is 54.8 Å². The fourth-order valence-corrected chi connectivity index (χ4v) is 4.05. The Morgan fingerprint density at radius 1 is 1.16 bits per heavy atom. The molecule has 2 N–H and O–H groups in total. The summed E-state index contributed by atoms with van der Waals surface area (Å²) in [7, 11) is 0. The second kappa shape index (κ2) is 8.65. The largest absolute Gasteiger partial charge is 0.478 e. The second-order valence-electron chi connectivity index (χ2n) is 7.13. The summed E-state index contributed by atoms with van der Waals surface area (Å²) >= 11 is 1.57. The highest BCUT2D eigenvalue weighted by Crippen LogP contribution is 2.29. The fraction of sp³-hybridized carbons (Fsp3) is 0.167. The first kappa shape index (κ1) is 20.7. The van der Waals surface area contributed by atoms with Crippen LogP contribution in [0.25, 0.3) is 22.3 Å². The standard InChI is InChI=1S/C24H22N4O2S/c1-4-6-19-20(5-2)27-23(21-13-31-14(3)25-21)28-22(19)26-18-10-9-15-11-17(24(29)30)8-7-16(15)12-18/h4,7-13H,1,5-6H2,2-3H3,(H,29,30)(H,26,27,28). The summed E-state index contributed by atoms with van der Waals surface area (Å²) in [5.41, 5.74) is 3.87. The van der Waals surface area contributed by atoms with Crippen molar-refractivity contribution in [2.75, 3.05) is 5.32 Å². The monoisotopic (exact) mass is 430 g/mol. The molecule has 156 valence electrons. The van der Waals surface area contributed by atoms with E-state index in [0.29, 0.717) is 12.2 Å². The Hall–Kier alpha value is -3.58. The molecule has 0 unspecified atom stereocenters. The second-order valence-corrected chi connectivity index (χ2v) is 8.19. The number of thiazole rings is 1. The molecule has 2 heterocycles.